The molecule has 0 unspecified atom stereocenters. The Balaban J connectivity index is 2.20. The first-order valence-electron chi connectivity index (χ1n) is 6.56. The first kappa shape index (κ1) is 13.5. The van der Waals surface area contributed by atoms with Gasteiger partial charge < -0.3 is 4.98 Å². The quantitative estimate of drug-likeness (QED) is 0.700. The number of nitrogens with one attached hydrogen (secondary N) is 1. The molecule has 1 aromatic heterocycles. The van der Waals surface area contributed by atoms with E-state index in [0.29, 0.717) is 5.39 Å². The molecular formula is C17H13F2NO. The van der Waals surface area contributed by atoms with Crippen molar-refractivity contribution in [3.63, 3.8) is 0 Å². The highest BCUT2D eigenvalue weighted by molar-refractivity contribution is 6.16. The molecule has 4 heteroatoms. The minimum Gasteiger partial charge on any atom is -0.360 e. The highest BCUT2D eigenvalue weighted by atomic mass is 19.1. The zero-order valence-electron chi connectivity index (χ0n) is 11.6. The molecule has 0 aliphatic heterocycles. The Bertz CT molecular complexity index is 865. The van der Waals surface area contributed by atoms with Gasteiger partial charge in [-0.3, -0.25) is 4.79 Å². The molecule has 0 aliphatic rings. The van der Waals surface area contributed by atoms with E-state index in [0.717, 1.165) is 17.1 Å². The number of benzene rings is 2. The van der Waals surface area contributed by atoms with Crippen LogP contribution in [-0.4, -0.2) is 10.8 Å². The van der Waals surface area contributed by atoms with Gasteiger partial charge in [-0.05, 0) is 37.1 Å². The molecule has 0 spiro atoms. The average molecular weight is 285 g/mol. The van der Waals surface area contributed by atoms with Crippen molar-refractivity contribution in [3.05, 3.63) is 70.4 Å². The normalized spacial score (nSPS) is 11.0. The molecule has 21 heavy (non-hydrogen) atoms. The van der Waals surface area contributed by atoms with Gasteiger partial charge in [-0.2, -0.15) is 0 Å². The number of H-pyrrole nitrogens is 1. The number of hydrogen-bond acceptors (Lipinski definition) is 1. The summed E-state index contributed by atoms with van der Waals surface area (Å²) in [5, 5.41) is 0.658. The van der Waals surface area contributed by atoms with Crippen LogP contribution < -0.4 is 0 Å². The van der Waals surface area contributed by atoms with Crippen LogP contribution in [0.15, 0.2) is 36.5 Å². The van der Waals surface area contributed by atoms with Crippen LogP contribution in [0.3, 0.4) is 0 Å². The molecule has 0 bridgehead atoms. The molecule has 2 nitrogen and oxygen atoms in total. The van der Waals surface area contributed by atoms with E-state index in [4.69, 9.17) is 0 Å². The van der Waals surface area contributed by atoms with Crippen LogP contribution >= 0.6 is 0 Å². The Labute approximate surface area is 120 Å². The summed E-state index contributed by atoms with van der Waals surface area (Å²) in [4.78, 5) is 15.5. The Hall–Kier alpha value is -2.49. The van der Waals surface area contributed by atoms with Crippen LogP contribution in [0.5, 0.6) is 0 Å². The number of rotatable bonds is 2. The Morgan fingerprint density at radius 3 is 2.62 bits per heavy atom. The fourth-order valence-electron chi connectivity index (χ4n) is 2.43. The zero-order chi connectivity index (χ0) is 15.1. The number of halogens is 2. The second kappa shape index (κ2) is 4.81. The smallest absolute Gasteiger partial charge is 0.201 e. The van der Waals surface area contributed by atoms with Gasteiger partial charge in [-0.25, -0.2) is 8.78 Å². The second-order valence-corrected chi connectivity index (χ2v) is 5.13. The summed E-state index contributed by atoms with van der Waals surface area (Å²) < 4.78 is 28.0. The standard InChI is InChI=1S/C17H13F2NO/c1-9-3-5-11-12(8-20-14(11)7-9)17(21)15-13(18)6-4-10(2)16(15)19/h3-8,20H,1-2H3. The van der Waals surface area contributed by atoms with Gasteiger partial charge in [0.15, 0.2) is 0 Å². The number of carbonyl (C=O) groups excluding carboxylic acids is 1. The summed E-state index contributed by atoms with van der Waals surface area (Å²) in [5.74, 6) is -2.30. The van der Waals surface area contributed by atoms with Crippen molar-refractivity contribution < 1.29 is 13.6 Å². The minimum absolute atomic E-state index is 0.246. The Kier molecular flexibility index (Phi) is 3.09. The molecule has 2 aromatic carbocycles. The Morgan fingerprint density at radius 2 is 1.86 bits per heavy atom. The van der Waals surface area contributed by atoms with Gasteiger partial charge in [0.1, 0.15) is 11.6 Å². The predicted molar refractivity (Wildman–Crippen MR) is 77.6 cm³/mol. The van der Waals surface area contributed by atoms with Crippen LogP contribution in [0, 0.1) is 25.5 Å². The Morgan fingerprint density at radius 1 is 1.10 bits per heavy atom. The number of aromatic nitrogens is 1. The maximum absolute atomic E-state index is 14.1. The molecule has 0 amide bonds. The minimum atomic E-state index is -0.843. The summed E-state index contributed by atoms with van der Waals surface area (Å²) in [6.07, 6.45) is 1.49. The maximum atomic E-state index is 14.1. The van der Waals surface area contributed by atoms with Crippen molar-refractivity contribution in [2.45, 2.75) is 13.8 Å². The lowest BCUT2D eigenvalue weighted by atomic mass is 9.99. The van der Waals surface area contributed by atoms with E-state index in [1.165, 1.54) is 19.2 Å². The molecule has 1 N–H and O–H groups in total. The van der Waals surface area contributed by atoms with Crippen LogP contribution in [-0.2, 0) is 0 Å². The first-order valence-corrected chi connectivity index (χ1v) is 6.56. The molecule has 0 saturated carbocycles. The number of carbonyl (C=O) groups is 1. The van der Waals surface area contributed by atoms with E-state index in [9.17, 15) is 13.6 Å². The zero-order valence-corrected chi connectivity index (χ0v) is 11.6. The third-order valence-electron chi connectivity index (χ3n) is 3.59. The van der Waals surface area contributed by atoms with Crippen molar-refractivity contribution >= 4 is 16.7 Å². The highest BCUT2D eigenvalue weighted by Crippen LogP contribution is 2.25. The van der Waals surface area contributed by atoms with Crippen LogP contribution in [0.25, 0.3) is 10.9 Å². The largest absolute Gasteiger partial charge is 0.360 e. The molecule has 0 aliphatic carbocycles. The molecule has 0 saturated heterocycles. The van der Waals surface area contributed by atoms with Gasteiger partial charge in [-0.1, -0.05) is 18.2 Å². The van der Waals surface area contributed by atoms with E-state index >= 15 is 0 Å². The number of hydrogen-bond donors (Lipinski definition) is 1. The molecule has 3 aromatic rings. The van der Waals surface area contributed by atoms with Crippen molar-refractivity contribution in [1.82, 2.24) is 4.98 Å². The van der Waals surface area contributed by atoms with Crippen molar-refractivity contribution in [1.29, 1.82) is 0 Å². The maximum Gasteiger partial charge on any atom is 0.201 e. The summed E-state index contributed by atoms with van der Waals surface area (Å²) in [7, 11) is 0. The van der Waals surface area contributed by atoms with E-state index in [-0.39, 0.29) is 11.1 Å². The van der Waals surface area contributed by atoms with E-state index in [2.05, 4.69) is 4.98 Å². The van der Waals surface area contributed by atoms with Crippen LogP contribution in [0.4, 0.5) is 8.78 Å². The number of ketones is 1. The molecule has 3 rings (SSSR count). The topological polar surface area (TPSA) is 32.9 Å². The molecular weight excluding hydrogens is 272 g/mol. The third-order valence-corrected chi connectivity index (χ3v) is 3.59. The molecule has 0 fully saturated rings. The number of aromatic amines is 1. The van der Waals surface area contributed by atoms with Gasteiger partial charge in [-0.15, -0.1) is 0 Å². The highest BCUT2D eigenvalue weighted by Gasteiger charge is 2.22. The van der Waals surface area contributed by atoms with E-state index < -0.39 is 23.0 Å². The lowest BCUT2D eigenvalue weighted by Crippen LogP contribution is -2.08. The van der Waals surface area contributed by atoms with Crippen molar-refractivity contribution in [3.8, 4) is 0 Å². The summed E-state index contributed by atoms with van der Waals surface area (Å²) >= 11 is 0. The van der Waals surface area contributed by atoms with E-state index in [1.54, 1.807) is 6.07 Å². The summed E-state index contributed by atoms with van der Waals surface area (Å²) in [6.45, 7) is 3.44. The first-order chi connectivity index (χ1) is 9.99. The van der Waals surface area contributed by atoms with Crippen molar-refractivity contribution in [2.24, 2.45) is 0 Å². The van der Waals surface area contributed by atoms with Gasteiger partial charge in [0.25, 0.3) is 0 Å². The fraction of sp³-hybridized carbons (Fsp3) is 0.118. The molecule has 106 valence electrons. The van der Waals surface area contributed by atoms with Crippen LogP contribution in [0.2, 0.25) is 0 Å². The van der Waals surface area contributed by atoms with Crippen molar-refractivity contribution in [2.75, 3.05) is 0 Å². The van der Waals surface area contributed by atoms with Crippen LogP contribution in [0.1, 0.15) is 27.0 Å². The second-order valence-electron chi connectivity index (χ2n) is 5.13. The molecule has 1 heterocycles. The monoisotopic (exact) mass is 285 g/mol. The van der Waals surface area contributed by atoms with Gasteiger partial charge >= 0.3 is 0 Å². The average Bonchev–Trinajstić information content (AvgIpc) is 2.86. The van der Waals surface area contributed by atoms with Gasteiger partial charge in [0.05, 0.1) is 5.56 Å². The van der Waals surface area contributed by atoms with Gasteiger partial charge in [0.2, 0.25) is 5.78 Å². The van der Waals surface area contributed by atoms with Gasteiger partial charge in [0, 0.05) is 22.7 Å². The predicted octanol–water partition coefficient (Wildman–Crippen LogP) is 4.29. The summed E-state index contributed by atoms with van der Waals surface area (Å²) in [6, 6.07) is 7.95. The SMILES string of the molecule is Cc1ccc2c(C(=O)c3c(F)ccc(C)c3F)c[nH]c2c1. The lowest BCUT2D eigenvalue weighted by molar-refractivity contribution is 0.103. The lowest BCUT2D eigenvalue weighted by Gasteiger charge is -2.06. The molecule has 0 atom stereocenters. The van der Waals surface area contributed by atoms with E-state index in [1.807, 2.05) is 19.1 Å². The number of fused-ring (bicyclic) bond motifs is 1. The number of aryl methyl sites for hydroxylation is 2. The third kappa shape index (κ3) is 2.13. The summed E-state index contributed by atoms with van der Waals surface area (Å²) in [5.41, 5.74) is 1.82. The molecule has 0 radical (unpaired) electrons. The fourth-order valence-corrected chi connectivity index (χ4v) is 2.43.